The van der Waals surface area contributed by atoms with Crippen molar-refractivity contribution in [2.75, 3.05) is 13.7 Å². The molecule has 0 unspecified atom stereocenters. The van der Waals surface area contributed by atoms with E-state index in [0.29, 0.717) is 32.2 Å². The molecule has 0 rings (SSSR count). The molecule has 0 atom stereocenters. The Kier molecular flexibility index (Phi) is 6.96. The second-order valence-electron chi connectivity index (χ2n) is 2.63. The molecule has 1 amide bonds. The number of unbranched alkanes of at least 4 members (excludes halogenated alkanes) is 1. The van der Waals surface area contributed by atoms with E-state index in [1.807, 2.05) is 0 Å². The maximum absolute atomic E-state index is 10.9. The van der Waals surface area contributed by atoms with E-state index in [4.69, 9.17) is 0 Å². The Hall–Kier alpha value is -1.06. The number of rotatable bonds is 6. The normalized spacial score (nSPS) is 9.38. The van der Waals surface area contributed by atoms with Gasteiger partial charge in [0, 0.05) is 19.4 Å². The van der Waals surface area contributed by atoms with Crippen LogP contribution >= 0.6 is 0 Å². The maximum atomic E-state index is 10.9. The Labute approximate surface area is 78.6 Å². The van der Waals surface area contributed by atoms with Crippen molar-refractivity contribution >= 4 is 11.9 Å². The molecule has 0 aromatic heterocycles. The highest BCUT2D eigenvalue weighted by Crippen LogP contribution is 2.00. The SMILES string of the molecule is [CH2]CNC(=O)CCCCC(=O)OC. The van der Waals surface area contributed by atoms with Crippen LogP contribution < -0.4 is 5.32 Å². The molecule has 0 bridgehead atoms. The number of amides is 1. The Morgan fingerprint density at radius 2 is 1.92 bits per heavy atom. The molecule has 0 aliphatic heterocycles. The Morgan fingerprint density at radius 3 is 2.46 bits per heavy atom. The fourth-order valence-corrected chi connectivity index (χ4v) is 0.885. The molecule has 75 valence electrons. The summed E-state index contributed by atoms with van der Waals surface area (Å²) in [6.07, 6.45) is 2.23. The van der Waals surface area contributed by atoms with Crippen molar-refractivity contribution in [3.05, 3.63) is 6.92 Å². The molecule has 0 aliphatic carbocycles. The number of esters is 1. The van der Waals surface area contributed by atoms with E-state index >= 15 is 0 Å². The molecule has 0 aromatic carbocycles. The minimum Gasteiger partial charge on any atom is -0.469 e. The van der Waals surface area contributed by atoms with Crippen LogP contribution in [-0.2, 0) is 14.3 Å². The van der Waals surface area contributed by atoms with Gasteiger partial charge in [0.2, 0.25) is 5.91 Å². The van der Waals surface area contributed by atoms with Gasteiger partial charge >= 0.3 is 5.97 Å². The Bertz CT molecular complexity index is 168. The average molecular weight is 186 g/mol. The number of hydrogen-bond donors (Lipinski definition) is 1. The summed E-state index contributed by atoms with van der Waals surface area (Å²) < 4.78 is 4.46. The van der Waals surface area contributed by atoms with E-state index in [-0.39, 0.29) is 11.9 Å². The van der Waals surface area contributed by atoms with Crippen LogP contribution in [0.25, 0.3) is 0 Å². The first-order valence-electron chi connectivity index (χ1n) is 4.33. The summed E-state index contributed by atoms with van der Waals surface area (Å²) in [5.41, 5.74) is 0. The first kappa shape index (κ1) is 11.9. The molecule has 0 heterocycles. The van der Waals surface area contributed by atoms with E-state index in [9.17, 15) is 9.59 Å². The van der Waals surface area contributed by atoms with Crippen LogP contribution in [0.2, 0.25) is 0 Å². The molecular weight excluding hydrogens is 170 g/mol. The van der Waals surface area contributed by atoms with Crippen LogP contribution in [-0.4, -0.2) is 25.5 Å². The van der Waals surface area contributed by atoms with Crippen molar-refractivity contribution in [2.24, 2.45) is 0 Å². The number of ether oxygens (including phenoxy) is 1. The minimum atomic E-state index is -0.224. The predicted molar refractivity (Wildman–Crippen MR) is 48.9 cm³/mol. The maximum Gasteiger partial charge on any atom is 0.305 e. The standard InChI is InChI=1S/C9H16NO3/c1-3-10-8(11)6-4-5-7-9(12)13-2/h1,3-7H2,2H3,(H,10,11). The second kappa shape index (κ2) is 7.58. The van der Waals surface area contributed by atoms with Gasteiger partial charge in [0.25, 0.3) is 0 Å². The summed E-state index contributed by atoms with van der Waals surface area (Å²) in [7, 11) is 1.36. The van der Waals surface area contributed by atoms with E-state index in [1.165, 1.54) is 7.11 Å². The van der Waals surface area contributed by atoms with Gasteiger partial charge in [-0.1, -0.05) is 0 Å². The van der Waals surface area contributed by atoms with Crippen molar-refractivity contribution < 1.29 is 14.3 Å². The van der Waals surface area contributed by atoms with Gasteiger partial charge < -0.3 is 10.1 Å². The lowest BCUT2D eigenvalue weighted by atomic mass is 10.2. The number of carbonyl (C=O) groups is 2. The zero-order valence-corrected chi connectivity index (χ0v) is 7.97. The molecule has 0 aliphatic rings. The molecule has 4 heteroatoms. The number of carbonyl (C=O) groups excluding carboxylic acids is 2. The van der Waals surface area contributed by atoms with Crippen LogP contribution in [0.15, 0.2) is 0 Å². The summed E-state index contributed by atoms with van der Waals surface area (Å²) >= 11 is 0. The van der Waals surface area contributed by atoms with E-state index in [0.717, 1.165) is 0 Å². The van der Waals surface area contributed by atoms with Gasteiger partial charge in [-0.15, -0.1) is 0 Å². The van der Waals surface area contributed by atoms with Gasteiger partial charge in [0.15, 0.2) is 0 Å². The van der Waals surface area contributed by atoms with Crippen LogP contribution in [0.3, 0.4) is 0 Å². The smallest absolute Gasteiger partial charge is 0.305 e. The van der Waals surface area contributed by atoms with Gasteiger partial charge in [-0.2, -0.15) is 0 Å². The first-order chi connectivity index (χ1) is 6.20. The number of hydrogen-bond acceptors (Lipinski definition) is 3. The second-order valence-corrected chi connectivity index (χ2v) is 2.63. The van der Waals surface area contributed by atoms with Gasteiger partial charge in [-0.05, 0) is 19.8 Å². The monoisotopic (exact) mass is 186 g/mol. The van der Waals surface area contributed by atoms with Gasteiger partial charge in [0.05, 0.1) is 7.11 Å². The summed E-state index contributed by atoms with van der Waals surface area (Å²) in [6.45, 7) is 3.90. The van der Waals surface area contributed by atoms with Gasteiger partial charge in [-0.25, -0.2) is 0 Å². The zero-order valence-electron chi connectivity index (χ0n) is 7.97. The quantitative estimate of drug-likeness (QED) is 0.490. The lowest BCUT2D eigenvalue weighted by molar-refractivity contribution is -0.140. The van der Waals surface area contributed by atoms with Crippen molar-refractivity contribution in [3.8, 4) is 0 Å². The largest absolute Gasteiger partial charge is 0.469 e. The predicted octanol–water partition coefficient (Wildman–Crippen LogP) is 0.670. The molecule has 0 saturated carbocycles. The molecule has 1 radical (unpaired) electrons. The fourth-order valence-electron chi connectivity index (χ4n) is 0.885. The molecule has 4 nitrogen and oxygen atoms in total. The number of methoxy groups -OCH3 is 1. The summed E-state index contributed by atoms with van der Waals surface area (Å²) in [4.78, 5) is 21.5. The lowest BCUT2D eigenvalue weighted by Crippen LogP contribution is -2.22. The highest BCUT2D eigenvalue weighted by Gasteiger charge is 2.02. The summed E-state index contributed by atoms with van der Waals surface area (Å²) in [5.74, 6) is -0.238. The third-order valence-corrected chi connectivity index (χ3v) is 1.58. The highest BCUT2D eigenvalue weighted by atomic mass is 16.5. The number of nitrogens with one attached hydrogen (secondary N) is 1. The first-order valence-corrected chi connectivity index (χ1v) is 4.33. The zero-order chi connectivity index (χ0) is 10.1. The van der Waals surface area contributed by atoms with E-state index in [2.05, 4.69) is 17.0 Å². The molecule has 0 spiro atoms. The van der Waals surface area contributed by atoms with Crippen LogP contribution in [0, 0.1) is 6.92 Å². The fraction of sp³-hybridized carbons (Fsp3) is 0.667. The molecule has 0 aromatic rings. The summed E-state index contributed by atoms with van der Waals surface area (Å²) in [6, 6.07) is 0. The van der Waals surface area contributed by atoms with Crippen LogP contribution in [0.4, 0.5) is 0 Å². The minimum absolute atomic E-state index is 0.0140. The van der Waals surface area contributed by atoms with Crippen molar-refractivity contribution in [2.45, 2.75) is 25.7 Å². The topological polar surface area (TPSA) is 55.4 Å². The van der Waals surface area contributed by atoms with Gasteiger partial charge in [-0.3, -0.25) is 9.59 Å². The van der Waals surface area contributed by atoms with Crippen LogP contribution in [0.1, 0.15) is 25.7 Å². The molecule has 0 fully saturated rings. The molecule has 13 heavy (non-hydrogen) atoms. The Morgan fingerprint density at radius 1 is 1.31 bits per heavy atom. The van der Waals surface area contributed by atoms with Crippen molar-refractivity contribution in [3.63, 3.8) is 0 Å². The van der Waals surface area contributed by atoms with Crippen LogP contribution in [0.5, 0.6) is 0 Å². The lowest BCUT2D eigenvalue weighted by Gasteiger charge is -2.01. The van der Waals surface area contributed by atoms with E-state index < -0.39 is 0 Å². The highest BCUT2D eigenvalue weighted by molar-refractivity contribution is 5.76. The van der Waals surface area contributed by atoms with Gasteiger partial charge in [0.1, 0.15) is 0 Å². The third-order valence-electron chi connectivity index (χ3n) is 1.58. The molecule has 0 saturated heterocycles. The molecule has 1 N–H and O–H groups in total. The molecular formula is C9H16NO3. The van der Waals surface area contributed by atoms with E-state index in [1.54, 1.807) is 0 Å². The van der Waals surface area contributed by atoms with Crippen molar-refractivity contribution in [1.82, 2.24) is 5.32 Å². The van der Waals surface area contributed by atoms with Crippen molar-refractivity contribution in [1.29, 1.82) is 0 Å². The Balaban J connectivity index is 3.25. The third kappa shape index (κ3) is 7.31. The average Bonchev–Trinajstić information content (AvgIpc) is 2.12. The summed E-state index contributed by atoms with van der Waals surface area (Å²) in [5, 5.41) is 2.58.